The van der Waals surface area contributed by atoms with Gasteiger partial charge in [-0.1, -0.05) is 35.0 Å². The molecule has 1 amide bonds. The van der Waals surface area contributed by atoms with Crippen molar-refractivity contribution in [1.82, 2.24) is 9.97 Å². The number of aromatic nitrogens is 2. The molecule has 0 unspecified atom stereocenters. The van der Waals surface area contributed by atoms with E-state index in [0.717, 1.165) is 0 Å². The molecule has 1 aromatic heterocycles. The molecule has 0 aliphatic rings. The number of hydrogen-bond donors (Lipinski definition) is 1. The highest BCUT2D eigenvalue weighted by atomic mass is 35.5. The van der Waals surface area contributed by atoms with Crippen molar-refractivity contribution in [2.45, 2.75) is 18.9 Å². The Morgan fingerprint density at radius 1 is 1.35 bits per heavy atom. The number of anilines is 1. The lowest BCUT2D eigenvalue weighted by Gasteiger charge is -2.08. The monoisotopic (exact) mass is 366 g/mol. The summed E-state index contributed by atoms with van der Waals surface area (Å²) in [5, 5.41) is 13.2. The largest absolute Gasteiger partial charge is 0.324 e. The van der Waals surface area contributed by atoms with Crippen LogP contribution < -0.4 is 5.32 Å². The Morgan fingerprint density at radius 2 is 2.09 bits per heavy atom. The van der Waals surface area contributed by atoms with Crippen molar-refractivity contribution in [3.63, 3.8) is 0 Å². The van der Waals surface area contributed by atoms with Crippen molar-refractivity contribution in [2.24, 2.45) is 0 Å². The van der Waals surface area contributed by atoms with Crippen LogP contribution in [0.25, 0.3) is 0 Å². The van der Waals surface area contributed by atoms with E-state index in [2.05, 4.69) is 21.4 Å². The number of nitriles is 1. The molecule has 23 heavy (non-hydrogen) atoms. The molecule has 0 saturated carbocycles. The predicted octanol–water partition coefficient (Wildman–Crippen LogP) is 4.00. The smallest absolute Gasteiger partial charge is 0.234 e. The first-order valence-electron chi connectivity index (χ1n) is 6.53. The second-order valence-corrected chi connectivity index (χ2v) is 6.42. The Morgan fingerprint density at radius 3 is 2.74 bits per heavy atom. The number of aryl methyl sites for hydroxylation is 2. The number of carbonyl (C=O) groups excluding carboxylic acids is 1. The number of carbonyl (C=O) groups is 1. The molecule has 1 aromatic carbocycles. The van der Waals surface area contributed by atoms with Crippen LogP contribution in [0, 0.1) is 25.2 Å². The van der Waals surface area contributed by atoms with Crippen LogP contribution in [0.1, 0.15) is 17.1 Å². The molecule has 2 rings (SSSR count). The molecule has 0 aliphatic carbocycles. The Labute approximate surface area is 148 Å². The van der Waals surface area contributed by atoms with E-state index >= 15 is 0 Å². The molecule has 8 heteroatoms. The van der Waals surface area contributed by atoms with Crippen LogP contribution in [0.2, 0.25) is 10.0 Å². The summed E-state index contributed by atoms with van der Waals surface area (Å²) in [6.07, 6.45) is 0. The number of rotatable bonds is 4. The van der Waals surface area contributed by atoms with E-state index in [0.29, 0.717) is 37.8 Å². The van der Waals surface area contributed by atoms with Crippen LogP contribution in [0.15, 0.2) is 23.2 Å². The molecule has 0 fully saturated rings. The average Bonchev–Trinajstić information content (AvgIpc) is 2.47. The fraction of sp³-hybridized carbons (Fsp3) is 0.200. The van der Waals surface area contributed by atoms with Gasteiger partial charge < -0.3 is 5.32 Å². The van der Waals surface area contributed by atoms with E-state index < -0.39 is 0 Å². The summed E-state index contributed by atoms with van der Waals surface area (Å²) in [4.78, 5) is 20.4. The highest BCUT2D eigenvalue weighted by Crippen LogP contribution is 2.26. The lowest BCUT2D eigenvalue weighted by molar-refractivity contribution is -0.113. The van der Waals surface area contributed by atoms with Crippen molar-refractivity contribution in [2.75, 3.05) is 11.1 Å². The van der Waals surface area contributed by atoms with Crippen LogP contribution in [-0.2, 0) is 4.79 Å². The van der Waals surface area contributed by atoms with Gasteiger partial charge >= 0.3 is 0 Å². The van der Waals surface area contributed by atoms with Crippen LogP contribution in [-0.4, -0.2) is 21.6 Å². The number of halogens is 2. The molecule has 0 spiro atoms. The highest BCUT2D eigenvalue weighted by Gasteiger charge is 2.13. The topological polar surface area (TPSA) is 78.7 Å². The molecule has 1 heterocycles. The Balaban J connectivity index is 2.07. The molecule has 0 aliphatic heterocycles. The summed E-state index contributed by atoms with van der Waals surface area (Å²) in [6, 6.07) is 6.89. The molecular formula is C15H12Cl2N4OS. The second kappa shape index (κ2) is 7.64. The number of amides is 1. The molecule has 5 nitrogen and oxygen atoms in total. The zero-order chi connectivity index (χ0) is 17.0. The predicted molar refractivity (Wildman–Crippen MR) is 92.0 cm³/mol. The quantitative estimate of drug-likeness (QED) is 0.653. The van der Waals surface area contributed by atoms with E-state index in [1.54, 1.807) is 32.0 Å². The summed E-state index contributed by atoms with van der Waals surface area (Å²) in [7, 11) is 0. The van der Waals surface area contributed by atoms with Gasteiger partial charge in [0.05, 0.1) is 22.2 Å². The van der Waals surface area contributed by atoms with Gasteiger partial charge in [-0.05, 0) is 32.0 Å². The van der Waals surface area contributed by atoms with Crippen LogP contribution in [0.3, 0.4) is 0 Å². The molecular weight excluding hydrogens is 355 g/mol. The molecule has 0 saturated heterocycles. The summed E-state index contributed by atoms with van der Waals surface area (Å²) in [6.45, 7) is 3.48. The number of benzene rings is 1. The van der Waals surface area contributed by atoms with Crippen molar-refractivity contribution >= 4 is 46.6 Å². The van der Waals surface area contributed by atoms with E-state index in [1.165, 1.54) is 11.8 Å². The zero-order valence-corrected chi connectivity index (χ0v) is 14.7. The van der Waals surface area contributed by atoms with Crippen LogP contribution in [0.5, 0.6) is 0 Å². The van der Waals surface area contributed by atoms with Gasteiger partial charge in [0.25, 0.3) is 0 Å². The molecule has 2 aromatic rings. The van der Waals surface area contributed by atoms with Crippen molar-refractivity contribution in [3.05, 3.63) is 45.3 Å². The van der Waals surface area contributed by atoms with Gasteiger partial charge in [0.2, 0.25) is 5.91 Å². The van der Waals surface area contributed by atoms with Gasteiger partial charge in [-0.2, -0.15) is 5.26 Å². The third-order valence-corrected chi connectivity index (χ3v) is 4.35. The third kappa shape index (κ3) is 4.58. The summed E-state index contributed by atoms with van der Waals surface area (Å²) in [5.74, 6) is 0.408. The fourth-order valence-corrected chi connectivity index (χ4v) is 3.16. The van der Waals surface area contributed by atoms with Crippen molar-refractivity contribution in [1.29, 1.82) is 5.26 Å². The molecule has 118 valence electrons. The molecule has 0 bridgehead atoms. The van der Waals surface area contributed by atoms with Gasteiger partial charge in [0.15, 0.2) is 0 Å². The third-order valence-electron chi connectivity index (χ3n) is 2.83. The average molecular weight is 367 g/mol. The first-order chi connectivity index (χ1) is 10.9. The molecule has 1 N–H and O–H groups in total. The minimum Gasteiger partial charge on any atom is -0.324 e. The minimum atomic E-state index is -0.253. The number of nitrogens with zero attached hydrogens (tertiary/aromatic N) is 3. The fourth-order valence-electron chi connectivity index (χ4n) is 1.83. The van der Waals surface area contributed by atoms with Crippen molar-refractivity contribution in [3.8, 4) is 6.07 Å². The summed E-state index contributed by atoms with van der Waals surface area (Å²) >= 11 is 13.0. The maximum atomic E-state index is 12.0. The minimum absolute atomic E-state index is 0.101. The molecule has 0 atom stereocenters. The summed E-state index contributed by atoms with van der Waals surface area (Å²) < 4.78 is 0. The Kier molecular flexibility index (Phi) is 5.83. The highest BCUT2D eigenvalue weighted by molar-refractivity contribution is 8.00. The van der Waals surface area contributed by atoms with E-state index in [1.807, 2.05) is 0 Å². The Bertz CT molecular complexity index is 805. The number of hydrogen-bond acceptors (Lipinski definition) is 5. The zero-order valence-electron chi connectivity index (χ0n) is 12.4. The lowest BCUT2D eigenvalue weighted by atomic mass is 10.3. The number of thioether (sulfide) groups is 1. The second-order valence-electron chi connectivity index (χ2n) is 4.61. The Hall–Kier alpha value is -1.81. The van der Waals surface area contributed by atoms with Crippen LogP contribution in [0.4, 0.5) is 5.69 Å². The number of nitrogens with one attached hydrogen (secondary N) is 1. The van der Waals surface area contributed by atoms with Gasteiger partial charge in [-0.25, -0.2) is 9.97 Å². The van der Waals surface area contributed by atoms with E-state index in [4.69, 9.17) is 23.2 Å². The standard InChI is InChI=1S/C15H12Cl2N4OS/c1-8-11(6-18)15(20-9(2)19-8)23-7-14(22)21-13-4-3-10(16)5-12(13)17/h3-5H,7H2,1-2H3,(H,21,22). The first kappa shape index (κ1) is 17.5. The van der Waals surface area contributed by atoms with E-state index in [9.17, 15) is 10.1 Å². The maximum absolute atomic E-state index is 12.0. The SMILES string of the molecule is Cc1nc(C)c(C#N)c(SCC(=O)Nc2ccc(Cl)cc2Cl)n1. The van der Waals surface area contributed by atoms with Crippen LogP contribution >= 0.6 is 35.0 Å². The van der Waals surface area contributed by atoms with Gasteiger partial charge in [0, 0.05) is 5.02 Å². The van der Waals surface area contributed by atoms with Gasteiger partial charge in [0.1, 0.15) is 22.5 Å². The van der Waals surface area contributed by atoms with Gasteiger partial charge in [-0.3, -0.25) is 4.79 Å². The van der Waals surface area contributed by atoms with Crippen molar-refractivity contribution < 1.29 is 4.79 Å². The normalized spacial score (nSPS) is 10.2. The molecule has 0 radical (unpaired) electrons. The lowest BCUT2D eigenvalue weighted by Crippen LogP contribution is -2.14. The van der Waals surface area contributed by atoms with E-state index in [-0.39, 0.29) is 11.7 Å². The maximum Gasteiger partial charge on any atom is 0.234 e. The van der Waals surface area contributed by atoms with Gasteiger partial charge in [-0.15, -0.1) is 0 Å². The first-order valence-corrected chi connectivity index (χ1v) is 8.28. The summed E-state index contributed by atoms with van der Waals surface area (Å²) in [5.41, 5.74) is 1.47.